The van der Waals surface area contributed by atoms with Crippen molar-refractivity contribution in [2.24, 2.45) is 4.99 Å². The van der Waals surface area contributed by atoms with Gasteiger partial charge in [-0.15, -0.1) is 0 Å². The molecule has 6 nitrogen and oxygen atoms in total. The normalized spacial score (nSPS) is 17.9. The fourth-order valence-electron chi connectivity index (χ4n) is 2.49. The predicted molar refractivity (Wildman–Crippen MR) is 92.3 cm³/mol. The molecule has 0 atom stereocenters. The standard InChI is InChI=1S/C18H21N3O3/c1-13(20-18(23)24-3)11-16-15(19-2)9-10-17(22)21(16)12-14-7-5-4-6-8-14/h4-8,11H,1,9-10,12H2,2-3H3,(H,20,23)/b16-11+,19-15-. The molecule has 0 unspecified atom stereocenters. The molecule has 0 bridgehead atoms. The minimum atomic E-state index is -0.608. The number of aliphatic imine (C=N–C) groups is 1. The number of amides is 2. The van der Waals surface area contributed by atoms with E-state index in [9.17, 15) is 9.59 Å². The Labute approximate surface area is 141 Å². The number of allylic oxidation sites excluding steroid dienone is 2. The van der Waals surface area contributed by atoms with Crippen molar-refractivity contribution in [1.82, 2.24) is 10.2 Å². The van der Waals surface area contributed by atoms with Crippen LogP contribution in [0.15, 0.2) is 59.4 Å². The molecule has 1 aliphatic rings. The van der Waals surface area contributed by atoms with Crippen molar-refractivity contribution >= 4 is 17.7 Å². The molecule has 24 heavy (non-hydrogen) atoms. The van der Waals surface area contributed by atoms with Crippen LogP contribution >= 0.6 is 0 Å². The molecule has 0 aromatic heterocycles. The van der Waals surface area contributed by atoms with Crippen LogP contribution in [0.2, 0.25) is 0 Å². The predicted octanol–water partition coefficient (Wildman–Crippen LogP) is 2.63. The summed E-state index contributed by atoms with van der Waals surface area (Å²) in [4.78, 5) is 29.7. The Morgan fingerprint density at radius 3 is 2.71 bits per heavy atom. The highest BCUT2D eigenvalue weighted by molar-refractivity contribution is 6.07. The number of piperidine rings is 1. The summed E-state index contributed by atoms with van der Waals surface area (Å²) >= 11 is 0. The Balaban J connectivity index is 2.30. The third-order valence-corrected chi connectivity index (χ3v) is 3.68. The number of nitrogens with one attached hydrogen (secondary N) is 1. The van der Waals surface area contributed by atoms with Gasteiger partial charge in [-0.05, 0) is 11.6 Å². The van der Waals surface area contributed by atoms with Crippen molar-refractivity contribution < 1.29 is 14.3 Å². The molecule has 1 aliphatic heterocycles. The zero-order valence-electron chi connectivity index (χ0n) is 13.9. The molecule has 1 heterocycles. The highest BCUT2D eigenvalue weighted by Crippen LogP contribution is 2.23. The van der Waals surface area contributed by atoms with Crippen molar-refractivity contribution in [1.29, 1.82) is 0 Å². The largest absolute Gasteiger partial charge is 0.453 e. The molecule has 0 radical (unpaired) electrons. The quantitative estimate of drug-likeness (QED) is 0.924. The van der Waals surface area contributed by atoms with Crippen molar-refractivity contribution in [3.05, 3.63) is 59.9 Å². The van der Waals surface area contributed by atoms with Gasteiger partial charge in [0.1, 0.15) is 0 Å². The van der Waals surface area contributed by atoms with Gasteiger partial charge in [0.25, 0.3) is 0 Å². The molecular formula is C18H21N3O3. The summed E-state index contributed by atoms with van der Waals surface area (Å²) < 4.78 is 4.56. The smallest absolute Gasteiger partial charge is 0.411 e. The number of ether oxygens (including phenoxy) is 1. The van der Waals surface area contributed by atoms with E-state index in [-0.39, 0.29) is 5.91 Å². The lowest BCUT2D eigenvalue weighted by Crippen LogP contribution is -2.38. The van der Waals surface area contributed by atoms with Crippen LogP contribution < -0.4 is 5.32 Å². The summed E-state index contributed by atoms with van der Waals surface area (Å²) in [7, 11) is 2.97. The van der Waals surface area contributed by atoms with Gasteiger partial charge < -0.3 is 9.64 Å². The van der Waals surface area contributed by atoms with E-state index in [1.165, 1.54) is 7.11 Å². The average Bonchev–Trinajstić information content (AvgIpc) is 2.59. The van der Waals surface area contributed by atoms with E-state index in [0.717, 1.165) is 11.3 Å². The second-order valence-corrected chi connectivity index (χ2v) is 5.31. The number of hydrogen-bond donors (Lipinski definition) is 1. The number of hydrogen-bond acceptors (Lipinski definition) is 4. The zero-order valence-corrected chi connectivity index (χ0v) is 13.9. The summed E-state index contributed by atoms with van der Waals surface area (Å²) in [5.74, 6) is 0.0170. The van der Waals surface area contributed by atoms with E-state index in [0.29, 0.717) is 30.8 Å². The number of nitrogens with zero attached hydrogens (tertiary/aromatic N) is 2. The fourth-order valence-corrected chi connectivity index (χ4v) is 2.49. The van der Waals surface area contributed by atoms with Crippen LogP contribution in [0, 0.1) is 0 Å². The second-order valence-electron chi connectivity index (χ2n) is 5.31. The zero-order chi connectivity index (χ0) is 17.5. The maximum absolute atomic E-state index is 12.4. The molecule has 1 saturated heterocycles. The number of benzene rings is 1. The van der Waals surface area contributed by atoms with Crippen LogP contribution in [0.3, 0.4) is 0 Å². The lowest BCUT2D eigenvalue weighted by atomic mass is 10.0. The molecule has 2 amide bonds. The van der Waals surface area contributed by atoms with Gasteiger partial charge in [-0.2, -0.15) is 0 Å². The van der Waals surface area contributed by atoms with E-state index >= 15 is 0 Å². The first-order valence-electron chi connectivity index (χ1n) is 7.61. The van der Waals surface area contributed by atoms with Gasteiger partial charge in [-0.3, -0.25) is 15.1 Å². The molecule has 1 fully saturated rings. The van der Waals surface area contributed by atoms with Gasteiger partial charge >= 0.3 is 6.09 Å². The van der Waals surface area contributed by atoms with E-state index in [2.05, 4.69) is 21.6 Å². The van der Waals surface area contributed by atoms with Gasteiger partial charge in [0.05, 0.1) is 25.1 Å². The molecule has 0 aliphatic carbocycles. The Morgan fingerprint density at radius 2 is 2.08 bits per heavy atom. The number of likely N-dealkylation sites (tertiary alicyclic amines) is 1. The summed E-state index contributed by atoms with van der Waals surface area (Å²) in [6, 6.07) is 9.71. The highest BCUT2D eigenvalue weighted by atomic mass is 16.5. The lowest BCUT2D eigenvalue weighted by molar-refractivity contribution is -0.129. The van der Waals surface area contributed by atoms with E-state index in [1.54, 1.807) is 18.0 Å². The summed E-state index contributed by atoms with van der Waals surface area (Å²) in [6.07, 6.45) is 2.02. The van der Waals surface area contributed by atoms with Crippen molar-refractivity contribution in [3.8, 4) is 0 Å². The minimum Gasteiger partial charge on any atom is -0.453 e. The van der Waals surface area contributed by atoms with Crippen LogP contribution in [0.4, 0.5) is 4.79 Å². The maximum atomic E-state index is 12.4. The first kappa shape index (κ1) is 17.5. The average molecular weight is 327 g/mol. The van der Waals surface area contributed by atoms with E-state index in [1.807, 2.05) is 30.3 Å². The van der Waals surface area contributed by atoms with Gasteiger partial charge in [0.2, 0.25) is 5.91 Å². The molecule has 126 valence electrons. The molecule has 1 N–H and O–H groups in total. The van der Waals surface area contributed by atoms with Gasteiger partial charge in [-0.25, -0.2) is 4.79 Å². The molecular weight excluding hydrogens is 306 g/mol. The second kappa shape index (κ2) is 8.10. The van der Waals surface area contributed by atoms with Crippen molar-refractivity contribution in [2.75, 3.05) is 14.2 Å². The summed E-state index contributed by atoms with van der Waals surface area (Å²) in [5.41, 5.74) is 2.81. The van der Waals surface area contributed by atoms with E-state index < -0.39 is 6.09 Å². The van der Waals surface area contributed by atoms with Gasteiger partial charge in [0, 0.05) is 25.6 Å². The van der Waals surface area contributed by atoms with Crippen LogP contribution in [0.1, 0.15) is 18.4 Å². The minimum absolute atomic E-state index is 0.0170. The first-order chi connectivity index (χ1) is 11.5. The number of carbonyl (C=O) groups is 2. The van der Waals surface area contributed by atoms with Crippen LogP contribution in [-0.4, -0.2) is 36.8 Å². The lowest BCUT2D eigenvalue weighted by Gasteiger charge is -2.31. The molecule has 1 aromatic carbocycles. The molecule has 0 saturated carbocycles. The molecule has 2 rings (SSSR count). The van der Waals surface area contributed by atoms with Crippen LogP contribution in [0.25, 0.3) is 0 Å². The summed E-state index contributed by atoms with van der Waals surface area (Å²) in [6.45, 7) is 4.23. The number of alkyl carbamates (subject to hydrolysis) is 1. The number of rotatable bonds is 4. The molecule has 1 aromatic rings. The van der Waals surface area contributed by atoms with Gasteiger partial charge in [-0.1, -0.05) is 36.9 Å². The fraction of sp³-hybridized carbons (Fsp3) is 0.278. The summed E-state index contributed by atoms with van der Waals surface area (Å²) in [5, 5.41) is 2.50. The SMILES string of the molecule is C=C(/C=C1\C(=N/C)CCC(=O)N1Cc1ccccc1)NC(=O)OC. The Bertz CT molecular complexity index is 693. The third-order valence-electron chi connectivity index (χ3n) is 3.68. The van der Waals surface area contributed by atoms with E-state index in [4.69, 9.17) is 0 Å². The van der Waals surface area contributed by atoms with Crippen molar-refractivity contribution in [2.45, 2.75) is 19.4 Å². The number of carbonyl (C=O) groups excluding carboxylic acids is 2. The Morgan fingerprint density at radius 1 is 1.38 bits per heavy atom. The maximum Gasteiger partial charge on any atom is 0.411 e. The molecule has 6 heteroatoms. The Hall–Kier alpha value is -2.89. The third kappa shape index (κ3) is 4.32. The van der Waals surface area contributed by atoms with Crippen LogP contribution in [0.5, 0.6) is 0 Å². The Kier molecular flexibility index (Phi) is 5.89. The highest BCUT2D eigenvalue weighted by Gasteiger charge is 2.27. The molecule has 0 spiro atoms. The topological polar surface area (TPSA) is 71.0 Å². The first-order valence-corrected chi connectivity index (χ1v) is 7.61. The number of methoxy groups -OCH3 is 1. The van der Waals surface area contributed by atoms with Crippen LogP contribution in [-0.2, 0) is 16.1 Å². The van der Waals surface area contributed by atoms with Crippen molar-refractivity contribution in [3.63, 3.8) is 0 Å². The van der Waals surface area contributed by atoms with Gasteiger partial charge in [0.15, 0.2) is 0 Å². The monoisotopic (exact) mass is 327 g/mol.